The number of anilines is 1. The predicted molar refractivity (Wildman–Crippen MR) is 130 cm³/mol. The van der Waals surface area contributed by atoms with Crippen LogP contribution >= 0.6 is 0 Å². The minimum Gasteiger partial charge on any atom is -0.488 e. The van der Waals surface area contributed by atoms with E-state index in [1.807, 2.05) is 6.07 Å². The number of benzene rings is 1. The SMILES string of the molecule is CCc1ccc(C(=O)NC2CCC(Oc3cc(N4CCOCC4)cc4nccnc34)CC2)nc1. The van der Waals surface area contributed by atoms with Crippen molar-refractivity contribution in [2.75, 3.05) is 31.2 Å². The maximum atomic E-state index is 12.6. The molecule has 1 aliphatic carbocycles. The number of hydrogen-bond acceptors (Lipinski definition) is 7. The first-order valence-corrected chi connectivity index (χ1v) is 12.2. The molecule has 1 saturated carbocycles. The lowest BCUT2D eigenvalue weighted by atomic mass is 9.92. The molecule has 1 aromatic carbocycles. The first-order valence-electron chi connectivity index (χ1n) is 12.2. The fourth-order valence-corrected chi connectivity index (χ4v) is 4.65. The largest absolute Gasteiger partial charge is 0.488 e. The lowest BCUT2D eigenvalue weighted by Gasteiger charge is -2.31. The van der Waals surface area contributed by atoms with E-state index in [0.717, 1.165) is 86.4 Å². The normalized spacial score (nSPS) is 20.8. The summed E-state index contributed by atoms with van der Waals surface area (Å²) >= 11 is 0. The molecule has 5 rings (SSSR count). The zero-order chi connectivity index (χ0) is 23.3. The van der Waals surface area contributed by atoms with Gasteiger partial charge in [-0.05, 0) is 49.8 Å². The highest BCUT2D eigenvalue weighted by molar-refractivity contribution is 5.92. The molecule has 1 aliphatic heterocycles. The molecule has 2 fully saturated rings. The number of aryl methyl sites for hydroxylation is 1. The summed E-state index contributed by atoms with van der Waals surface area (Å²) in [4.78, 5) is 28.2. The Balaban J connectivity index is 1.22. The topological polar surface area (TPSA) is 89.5 Å². The quantitative estimate of drug-likeness (QED) is 0.600. The number of hydrogen-bond donors (Lipinski definition) is 1. The highest BCUT2D eigenvalue weighted by Crippen LogP contribution is 2.33. The summed E-state index contributed by atoms with van der Waals surface area (Å²) in [5, 5.41) is 3.14. The molecule has 34 heavy (non-hydrogen) atoms. The molecule has 0 bridgehead atoms. The molecule has 0 radical (unpaired) electrons. The van der Waals surface area contributed by atoms with Gasteiger partial charge in [-0.2, -0.15) is 0 Å². The van der Waals surface area contributed by atoms with Crippen molar-refractivity contribution in [3.05, 3.63) is 54.1 Å². The Hall–Kier alpha value is -3.26. The predicted octanol–water partition coefficient (Wildman–Crippen LogP) is 3.54. The van der Waals surface area contributed by atoms with Crippen LogP contribution in [-0.4, -0.2) is 59.3 Å². The van der Waals surface area contributed by atoms with Crippen molar-refractivity contribution in [1.29, 1.82) is 0 Å². The summed E-state index contributed by atoms with van der Waals surface area (Å²) in [6.45, 7) is 5.23. The van der Waals surface area contributed by atoms with Crippen LogP contribution in [0.4, 0.5) is 5.69 Å². The van der Waals surface area contributed by atoms with Crippen LogP contribution in [0.2, 0.25) is 0 Å². The van der Waals surface area contributed by atoms with Crippen molar-refractivity contribution < 1.29 is 14.3 Å². The molecule has 0 spiro atoms. The highest BCUT2D eigenvalue weighted by Gasteiger charge is 2.25. The minimum atomic E-state index is -0.105. The molecule has 3 heterocycles. The Morgan fingerprint density at radius 2 is 1.88 bits per heavy atom. The maximum Gasteiger partial charge on any atom is 0.270 e. The number of carbonyl (C=O) groups excluding carboxylic acids is 1. The highest BCUT2D eigenvalue weighted by atomic mass is 16.5. The van der Waals surface area contributed by atoms with Gasteiger partial charge in [-0.1, -0.05) is 13.0 Å². The molecule has 1 saturated heterocycles. The van der Waals surface area contributed by atoms with Crippen LogP contribution < -0.4 is 15.0 Å². The third-order valence-electron chi connectivity index (χ3n) is 6.67. The van der Waals surface area contributed by atoms with Crippen LogP contribution in [0.25, 0.3) is 11.0 Å². The number of ether oxygens (including phenoxy) is 2. The van der Waals surface area contributed by atoms with E-state index in [2.05, 4.69) is 44.2 Å². The number of nitrogens with one attached hydrogen (secondary N) is 1. The van der Waals surface area contributed by atoms with Gasteiger partial charge in [0, 0.05) is 49.5 Å². The first-order chi connectivity index (χ1) is 16.7. The van der Waals surface area contributed by atoms with Crippen LogP contribution in [0.5, 0.6) is 5.75 Å². The summed E-state index contributed by atoms with van der Waals surface area (Å²) in [7, 11) is 0. The van der Waals surface area contributed by atoms with Gasteiger partial charge in [0.1, 0.15) is 17.0 Å². The summed E-state index contributed by atoms with van der Waals surface area (Å²) < 4.78 is 12.0. The Bertz CT molecular complexity index is 1120. The molecule has 1 N–H and O–H groups in total. The number of carbonyl (C=O) groups is 1. The molecular formula is C26H31N5O3. The number of pyridine rings is 1. The number of amides is 1. The second-order valence-electron chi connectivity index (χ2n) is 8.94. The third-order valence-corrected chi connectivity index (χ3v) is 6.67. The van der Waals surface area contributed by atoms with Crippen LogP contribution in [0.15, 0.2) is 42.9 Å². The Kier molecular flexibility index (Phi) is 6.85. The average Bonchev–Trinajstić information content (AvgIpc) is 2.90. The molecule has 2 aromatic heterocycles. The van der Waals surface area contributed by atoms with E-state index in [4.69, 9.17) is 9.47 Å². The summed E-state index contributed by atoms with van der Waals surface area (Å²) in [5.41, 5.74) is 4.32. The van der Waals surface area contributed by atoms with Crippen molar-refractivity contribution >= 4 is 22.6 Å². The fourth-order valence-electron chi connectivity index (χ4n) is 4.65. The van der Waals surface area contributed by atoms with Crippen molar-refractivity contribution in [2.24, 2.45) is 0 Å². The van der Waals surface area contributed by atoms with Crippen LogP contribution in [-0.2, 0) is 11.2 Å². The summed E-state index contributed by atoms with van der Waals surface area (Å²) in [6.07, 6.45) is 9.68. The van der Waals surface area contributed by atoms with Gasteiger partial charge in [0.05, 0.1) is 24.8 Å². The first kappa shape index (κ1) is 22.5. The molecule has 2 aliphatic rings. The van der Waals surface area contributed by atoms with Gasteiger partial charge in [0.15, 0.2) is 0 Å². The van der Waals surface area contributed by atoms with E-state index in [9.17, 15) is 4.79 Å². The second-order valence-corrected chi connectivity index (χ2v) is 8.94. The molecule has 0 unspecified atom stereocenters. The zero-order valence-electron chi connectivity index (χ0n) is 19.6. The van der Waals surface area contributed by atoms with Crippen LogP contribution in [0, 0.1) is 0 Å². The lowest BCUT2D eigenvalue weighted by molar-refractivity contribution is 0.0890. The van der Waals surface area contributed by atoms with Crippen molar-refractivity contribution in [2.45, 2.75) is 51.2 Å². The van der Waals surface area contributed by atoms with Gasteiger partial charge in [-0.25, -0.2) is 4.98 Å². The number of fused-ring (bicyclic) bond motifs is 1. The fraction of sp³-hybridized carbons (Fsp3) is 0.462. The van der Waals surface area contributed by atoms with E-state index >= 15 is 0 Å². The van der Waals surface area contributed by atoms with Gasteiger partial charge >= 0.3 is 0 Å². The number of aromatic nitrogens is 3. The molecule has 178 valence electrons. The Labute approximate surface area is 199 Å². The monoisotopic (exact) mass is 461 g/mol. The third kappa shape index (κ3) is 5.12. The second kappa shape index (κ2) is 10.3. The van der Waals surface area contributed by atoms with Gasteiger partial charge in [0.2, 0.25) is 0 Å². The average molecular weight is 462 g/mol. The van der Waals surface area contributed by atoms with E-state index in [1.54, 1.807) is 24.7 Å². The van der Waals surface area contributed by atoms with E-state index in [0.29, 0.717) is 5.69 Å². The van der Waals surface area contributed by atoms with E-state index in [1.165, 1.54) is 0 Å². The molecule has 8 nitrogen and oxygen atoms in total. The number of nitrogens with zero attached hydrogens (tertiary/aromatic N) is 4. The Morgan fingerprint density at radius 3 is 2.62 bits per heavy atom. The molecular weight excluding hydrogens is 430 g/mol. The van der Waals surface area contributed by atoms with E-state index in [-0.39, 0.29) is 18.1 Å². The van der Waals surface area contributed by atoms with Gasteiger partial charge in [0.25, 0.3) is 5.91 Å². The van der Waals surface area contributed by atoms with Crippen LogP contribution in [0.1, 0.15) is 48.7 Å². The van der Waals surface area contributed by atoms with Gasteiger partial charge in [-0.15, -0.1) is 0 Å². The van der Waals surface area contributed by atoms with Crippen molar-refractivity contribution in [3.8, 4) is 5.75 Å². The summed E-state index contributed by atoms with van der Waals surface area (Å²) in [5.74, 6) is 0.672. The Morgan fingerprint density at radius 1 is 1.09 bits per heavy atom. The lowest BCUT2D eigenvalue weighted by Crippen LogP contribution is -2.40. The van der Waals surface area contributed by atoms with Crippen molar-refractivity contribution in [3.63, 3.8) is 0 Å². The molecule has 3 aromatic rings. The smallest absolute Gasteiger partial charge is 0.270 e. The molecule has 8 heteroatoms. The van der Waals surface area contributed by atoms with Gasteiger partial charge in [-0.3, -0.25) is 14.8 Å². The van der Waals surface area contributed by atoms with Crippen molar-refractivity contribution in [1.82, 2.24) is 20.3 Å². The number of morpholine rings is 1. The maximum absolute atomic E-state index is 12.6. The minimum absolute atomic E-state index is 0.0836. The molecule has 1 amide bonds. The molecule has 0 atom stereocenters. The number of rotatable bonds is 6. The van der Waals surface area contributed by atoms with E-state index < -0.39 is 0 Å². The van der Waals surface area contributed by atoms with Crippen LogP contribution in [0.3, 0.4) is 0 Å². The van der Waals surface area contributed by atoms with Gasteiger partial charge < -0.3 is 19.7 Å². The zero-order valence-corrected chi connectivity index (χ0v) is 19.6. The standard InChI is InChI=1S/C26H31N5O3/c1-2-18-3-8-22(29-17-18)26(32)30-19-4-6-21(7-5-19)34-24-16-20(31-11-13-33-14-12-31)15-23-25(24)28-10-9-27-23/h3,8-10,15-17,19,21H,2,4-7,11-14H2,1H3,(H,30,32). The summed E-state index contributed by atoms with van der Waals surface area (Å²) in [6, 6.07) is 8.06.